The lowest BCUT2D eigenvalue weighted by atomic mass is 9.37. The number of rotatable bonds is 3. The van der Waals surface area contributed by atoms with E-state index >= 15 is 0 Å². The number of aliphatic hydroxyl groups excluding tert-OH is 7. The zero-order chi connectivity index (χ0) is 29.3. The number of hydrogen-bond donors (Lipinski definition) is 9. The minimum absolute atomic E-state index is 0.0583. The van der Waals surface area contributed by atoms with Crippen molar-refractivity contribution in [2.75, 3.05) is 13.2 Å². The Bertz CT molecular complexity index is 1140. The zero-order valence-electron chi connectivity index (χ0n) is 21.9. The molecule has 40 heavy (non-hydrogen) atoms. The van der Waals surface area contributed by atoms with Crippen LogP contribution >= 0.6 is 0 Å². The van der Waals surface area contributed by atoms with E-state index in [1.54, 1.807) is 19.9 Å². The highest BCUT2D eigenvalue weighted by Crippen LogP contribution is 2.74. The molecule has 6 aliphatic rings. The molecule has 3 aliphatic carbocycles. The maximum atomic E-state index is 12.7. The Morgan fingerprint density at radius 1 is 1.07 bits per heavy atom. The Balaban J connectivity index is 1.45. The Hall–Kier alpha value is -1.53. The molecule has 14 heteroatoms. The van der Waals surface area contributed by atoms with Gasteiger partial charge in [0.2, 0.25) is 5.79 Å². The van der Waals surface area contributed by atoms with Gasteiger partial charge in [0, 0.05) is 11.3 Å². The smallest absolute Gasteiger partial charge is 0.338 e. The molecule has 0 aromatic heterocycles. The van der Waals surface area contributed by atoms with E-state index in [0.717, 1.165) is 0 Å². The molecule has 16 unspecified atom stereocenters. The van der Waals surface area contributed by atoms with E-state index in [-0.39, 0.29) is 6.42 Å². The number of aliphatic hydroxyl groups is 9. The van der Waals surface area contributed by atoms with Crippen LogP contribution in [-0.4, -0.2) is 138 Å². The molecule has 2 bridgehead atoms. The van der Waals surface area contributed by atoms with Crippen LogP contribution in [0.25, 0.3) is 0 Å². The summed E-state index contributed by atoms with van der Waals surface area (Å²) in [5.74, 6) is -5.48. The lowest BCUT2D eigenvalue weighted by Gasteiger charge is -2.69. The summed E-state index contributed by atoms with van der Waals surface area (Å²) in [4.78, 5) is 12.7. The minimum Gasteiger partial charge on any atom is -0.460 e. The third kappa shape index (κ3) is 3.06. The van der Waals surface area contributed by atoms with E-state index in [2.05, 4.69) is 6.58 Å². The molecule has 3 saturated heterocycles. The Labute approximate surface area is 228 Å². The number of ether oxygens (including phenoxy) is 4. The number of esters is 1. The number of carbonyl (C=O) groups is 1. The van der Waals surface area contributed by atoms with Gasteiger partial charge in [0.05, 0.1) is 24.7 Å². The van der Waals surface area contributed by atoms with Crippen LogP contribution in [0, 0.1) is 22.7 Å². The summed E-state index contributed by atoms with van der Waals surface area (Å²) in [6.45, 7) is 5.91. The summed E-state index contributed by atoms with van der Waals surface area (Å²) in [5.41, 5.74) is -5.46. The van der Waals surface area contributed by atoms with Crippen LogP contribution in [0.3, 0.4) is 0 Å². The largest absolute Gasteiger partial charge is 0.460 e. The standard InChI is InChI=1S/C26H36O14/c1-8-4-11(38-21-16(30)15(29)14(28)12(6-27)39-21)18(32)23(3)10(8)5-13-24-7-37-26(36,22(23)24)17(31)9(2)25(24,35)19(33)20(34)40-13/h4,10-19,21-22,27-33,35-36H,2,5-7H2,1,3H3. The van der Waals surface area contributed by atoms with E-state index in [9.17, 15) is 50.8 Å². The van der Waals surface area contributed by atoms with E-state index in [0.29, 0.717) is 5.57 Å². The molecule has 2 saturated carbocycles. The fraction of sp³-hybridized carbons (Fsp3) is 0.808. The van der Waals surface area contributed by atoms with Crippen molar-refractivity contribution in [3.63, 3.8) is 0 Å². The van der Waals surface area contributed by atoms with Crippen molar-refractivity contribution < 1.29 is 69.7 Å². The lowest BCUT2D eigenvalue weighted by molar-refractivity contribution is -0.352. The molecule has 0 radical (unpaired) electrons. The Morgan fingerprint density at radius 2 is 1.75 bits per heavy atom. The summed E-state index contributed by atoms with van der Waals surface area (Å²) in [6, 6.07) is 0. The highest BCUT2D eigenvalue weighted by molar-refractivity contribution is 5.79. The monoisotopic (exact) mass is 572 g/mol. The van der Waals surface area contributed by atoms with Crippen molar-refractivity contribution in [3.8, 4) is 0 Å². The van der Waals surface area contributed by atoms with Crippen LogP contribution in [0.1, 0.15) is 20.3 Å². The SMILES string of the molecule is C=C1C(O)C2(O)OCC34C(CC5C(C)=CC(OC6OC(CO)C(O)C(O)C6O)C(O)C5(C)C23)OC(=O)C(O)C14O. The number of hydrogen-bond acceptors (Lipinski definition) is 14. The lowest BCUT2D eigenvalue weighted by Crippen LogP contribution is -2.83. The van der Waals surface area contributed by atoms with Crippen molar-refractivity contribution in [2.45, 2.75) is 92.9 Å². The van der Waals surface area contributed by atoms with Gasteiger partial charge in [-0.3, -0.25) is 0 Å². The zero-order valence-corrected chi connectivity index (χ0v) is 21.9. The maximum Gasteiger partial charge on any atom is 0.338 e. The molecule has 3 heterocycles. The average molecular weight is 573 g/mol. The van der Waals surface area contributed by atoms with E-state index in [1.807, 2.05) is 0 Å². The molecular formula is C26H36O14. The molecule has 3 aliphatic heterocycles. The first-order chi connectivity index (χ1) is 18.6. The molecule has 224 valence electrons. The van der Waals surface area contributed by atoms with Gasteiger partial charge in [-0.1, -0.05) is 25.2 Å². The van der Waals surface area contributed by atoms with Crippen LogP contribution in [0.15, 0.2) is 23.8 Å². The molecule has 9 N–H and O–H groups in total. The van der Waals surface area contributed by atoms with Crippen LogP contribution < -0.4 is 0 Å². The molecule has 0 aromatic carbocycles. The van der Waals surface area contributed by atoms with Crippen LogP contribution in [0.2, 0.25) is 0 Å². The van der Waals surface area contributed by atoms with Crippen LogP contribution in [0.4, 0.5) is 0 Å². The normalized spacial score (nSPS) is 59.0. The minimum atomic E-state index is -2.48. The fourth-order valence-corrected chi connectivity index (χ4v) is 8.78. The second-order valence-electron chi connectivity index (χ2n) is 12.3. The molecule has 16 atom stereocenters. The van der Waals surface area contributed by atoms with E-state index < -0.39 is 120 Å². The quantitative estimate of drug-likeness (QED) is 0.115. The van der Waals surface area contributed by atoms with Gasteiger partial charge >= 0.3 is 5.97 Å². The van der Waals surface area contributed by atoms with Gasteiger partial charge < -0.3 is 64.9 Å². The van der Waals surface area contributed by atoms with Crippen LogP contribution in [0.5, 0.6) is 0 Å². The molecular weight excluding hydrogens is 536 g/mol. The number of allylic oxidation sites excluding steroid dienone is 1. The van der Waals surface area contributed by atoms with Crippen LogP contribution in [-0.2, 0) is 23.7 Å². The molecule has 1 spiro atoms. The van der Waals surface area contributed by atoms with E-state index in [4.69, 9.17) is 18.9 Å². The molecule has 0 aromatic rings. The highest BCUT2D eigenvalue weighted by atomic mass is 16.7. The second kappa shape index (κ2) is 8.75. The maximum absolute atomic E-state index is 12.7. The van der Waals surface area contributed by atoms with Gasteiger partial charge in [0.1, 0.15) is 48.3 Å². The van der Waals surface area contributed by atoms with Crippen molar-refractivity contribution in [2.24, 2.45) is 22.7 Å². The van der Waals surface area contributed by atoms with Crippen molar-refractivity contribution in [1.82, 2.24) is 0 Å². The predicted octanol–water partition coefficient (Wildman–Crippen LogP) is -4.21. The molecule has 0 amide bonds. The molecule has 5 fully saturated rings. The number of fused-ring (bicyclic) bond motifs is 1. The Morgan fingerprint density at radius 3 is 2.40 bits per heavy atom. The van der Waals surface area contributed by atoms with Gasteiger partial charge in [0.15, 0.2) is 12.4 Å². The summed E-state index contributed by atoms with van der Waals surface area (Å²) in [5, 5.41) is 98.4. The molecule has 6 rings (SSSR count). The van der Waals surface area contributed by atoms with Crippen molar-refractivity contribution in [3.05, 3.63) is 23.8 Å². The summed E-state index contributed by atoms with van der Waals surface area (Å²) in [7, 11) is 0. The fourth-order valence-electron chi connectivity index (χ4n) is 8.78. The van der Waals surface area contributed by atoms with Crippen molar-refractivity contribution >= 4 is 5.97 Å². The third-order valence-corrected chi connectivity index (χ3v) is 10.7. The van der Waals surface area contributed by atoms with Gasteiger partial charge in [0.25, 0.3) is 0 Å². The Kier molecular flexibility index (Phi) is 6.25. The topological polar surface area (TPSA) is 236 Å². The first kappa shape index (κ1) is 28.6. The summed E-state index contributed by atoms with van der Waals surface area (Å²) >= 11 is 0. The molecule has 14 nitrogen and oxygen atoms in total. The highest BCUT2D eigenvalue weighted by Gasteiger charge is 2.87. The van der Waals surface area contributed by atoms with Gasteiger partial charge in [-0.25, -0.2) is 4.79 Å². The summed E-state index contributed by atoms with van der Waals surface area (Å²) < 4.78 is 22.8. The average Bonchev–Trinajstić information content (AvgIpc) is 3.24. The van der Waals surface area contributed by atoms with Gasteiger partial charge in [-0.2, -0.15) is 0 Å². The first-order valence-electron chi connectivity index (χ1n) is 13.3. The summed E-state index contributed by atoms with van der Waals surface area (Å²) in [6.07, 6.45) is -14.3. The van der Waals surface area contributed by atoms with Gasteiger partial charge in [-0.05, 0) is 24.8 Å². The van der Waals surface area contributed by atoms with Gasteiger partial charge in [-0.15, -0.1) is 0 Å². The van der Waals surface area contributed by atoms with E-state index in [1.165, 1.54) is 0 Å². The van der Waals surface area contributed by atoms with Crippen molar-refractivity contribution in [1.29, 1.82) is 0 Å². The third-order valence-electron chi connectivity index (χ3n) is 10.7. The number of carbonyl (C=O) groups excluding carboxylic acids is 1. The second-order valence-corrected chi connectivity index (χ2v) is 12.3. The first-order valence-corrected chi connectivity index (χ1v) is 13.3. The predicted molar refractivity (Wildman–Crippen MR) is 127 cm³/mol.